The second-order valence-corrected chi connectivity index (χ2v) is 4.83. The fraction of sp³-hybridized carbons (Fsp3) is 0.500. The smallest absolute Gasteiger partial charge is 0.0408 e. The van der Waals surface area contributed by atoms with E-state index in [1.54, 1.807) is 0 Å². The lowest BCUT2D eigenvalue weighted by atomic mass is 9.91. The molecule has 0 radical (unpaired) electrons. The predicted molar refractivity (Wildman–Crippen MR) is 60.8 cm³/mol. The molecule has 0 unspecified atom stereocenters. The SMILES string of the molecule is C[C@]1(Cc2cccc(Cl)c2)CCCN1. The fourth-order valence-corrected chi connectivity index (χ4v) is 2.42. The highest BCUT2D eigenvalue weighted by Crippen LogP contribution is 2.24. The van der Waals surface area contributed by atoms with E-state index in [9.17, 15) is 0 Å². The van der Waals surface area contributed by atoms with Gasteiger partial charge in [-0.3, -0.25) is 0 Å². The average Bonchev–Trinajstić information content (AvgIpc) is 2.51. The Kier molecular flexibility index (Phi) is 2.80. The summed E-state index contributed by atoms with van der Waals surface area (Å²) in [6, 6.07) is 8.16. The van der Waals surface area contributed by atoms with Gasteiger partial charge in [0.25, 0.3) is 0 Å². The Morgan fingerprint density at radius 3 is 3.00 bits per heavy atom. The van der Waals surface area contributed by atoms with Crippen LogP contribution in [0.15, 0.2) is 24.3 Å². The molecule has 1 aromatic carbocycles. The summed E-state index contributed by atoms with van der Waals surface area (Å²) in [5.74, 6) is 0. The first-order chi connectivity index (χ1) is 6.68. The monoisotopic (exact) mass is 209 g/mol. The predicted octanol–water partition coefficient (Wildman–Crippen LogP) is 3.02. The second kappa shape index (κ2) is 3.92. The van der Waals surface area contributed by atoms with Gasteiger partial charge in [0.05, 0.1) is 0 Å². The third-order valence-corrected chi connectivity index (χ3v) is 3.18. The molecule has 1 nitrogen and oxygen atoms in total. The van der Waals surface area contributed by atoms with E-state index in [1.807, 2.05) is 12.1 Å². The van der Waals surface area contributed by atoms with Crippen molar-refractivity contribution in [2.45, 2.75) is 31.7 Å². The van der Waals surface area contributed by atoms with Crippen molar-refractivity contribution in [2.24, 2.45) is 0 Å². The molecule has 1 N–H and O–H groups in total. The zero-order valence-corrected chi connectivity index (χ0v) is 9.27. The minimum absolute atomic E-state index is 0.282. The van der Waals surface area contributed by atoms with Crippen molar-refractivity contribution in [1.82, 2.24) is 5.32 Å². The Balaban J connectivity index is 2.10. The molecule has 1 aromatic rings. The lowest BCUT2D eigenvalue weighted by Crippen LogP contribution is -2.38. The van der Waals surface area contributed by atoms with Crippen molar-refractivity contribution in [3.63, 3.8) is 0 Å². The topological polar surface area (TPSA) is 12.0 Å². The molecule has 14 heavy (non-hydrogen) atoms. The Labute approximate surface area is 90.5 Å². The maximum atomic E-state index is 5.96. The molecule has 1 atom stereocenters. The van der Waals surface area contributed by atoms with Gasteiger partial charge < -0.3 is 5.32 Å². The Bertz CT molecular complexity index is 316. The van der Waals surface area contributed by atoms with Crippen LogP contribution in [0.1, 0.15) is 25.3 Å². The summed E-state index contributed by atoms with van der Waals surface area (Å²) in [6.45, 7) is 3.44. The number of hydrogen-bond acceptors (Lipinski definition) is 1. The number of hydrogen-bond donors (Lipinski definition) is 1. The van der Waals surface area contributed by atoms with Gasteiger partial charge in [0.1, 0.15) is 0 Å². The van der Waals surface area contributed by atoms with Crippen LogP contribution in [-0.2, 0) is 6.42 Å². The van der Waals surface area contributed by atoms with Crippen LogP contribution in [0.4, 0.5) is 0 Å². The van der Waals surface area contributed by atoms with Gasteiger partial charge in [-0.25, -0.2) is 0 Å². The van der Waals surface area contributed by atoms with Crippen LogP contribution >= 0.6 is 11.6 Å². The minimum Gasteiger partial charge on any atom is -0.311 e. The Morgan fingerprint density at radius 2 is 2.36 bits per heavy atom. The first-order valence-corrected chi connectivity index (χ1v) is 5.55. The van der Waals surface area contributed by atoms with Crippen molar-refractivity contribution >= 4 is 11.6 Å². The van der Waals surface area contributed by atoms with Gasteiger partial charge in [-0.2, -0.15) is 0 Å². The molecule has 1 aliphatic rings. The molecule has 0 amide bonds. The molecule has 1 aliphatic heterocycles. The third kappa shape index (κ3) is 2.28. The second-order valence-electron chi connectivity index (χ2n) is 4.40. The highest BCUT2D eigenvalue weighted by molar-refractivity contribution is 6.30. The van der Waals surface area contributed by atoms with E-state index in [0.717, 1.165) is 18.0 Å². The summed E-state index contributed by atoms with van der Waals surface area (Å²) in [7, 11) is 0. The van der Waals surface area contributed by atoms with Gasteiger partial charge in [0.15, 0.2) is 0 Å². The number of nitrogens with one attached hydrogen (secondary N) is 1. The lowest BCUT2D eigenvalue weighted by Gasteiger charge is -2.24. The standard InChI is InChI=1S/C12H16ClN/c1-12(6-3-7-14-12)9-10-4-2-5-11(13)8-10/h2,4-5,8,14H,3,6-7,9H2,1H3/t12-/m1/s1. The minimum atomic E-state index is 0.282. The first-order valence-electron chi connectivity index (χ1n) is 5.17. The van der Waals surface area contributed by atoms with Crippen LogP contribution in [0.5, 0.6) is 0 Å². The first kappa shape index (κ1) is 10.0. The number of rotatable bonds is 2. The quantitative estimate of drug-likeness (QED) is 0.790. The molecule has 0 saturated carbocycles. The van der Waals surface area contributed by atoms with Crippen LogP contribution in [0, 0.1) is 0 Å². The molecule has 1 saturated heterocycles. The summed E-state index contributed by atoms with van der Waals surface area (Å²) < 4.78 is 0. The zero-order valence-electron chi connectivity index (χ0n) is 8.52. The maximum absolute atomic E-state index is 5.96. The van der Waals surface area contributed by atoms with E-state index in [2.05, 4.69) is 24.4 Å². The van der Waals surface area contributed by atoms with Gasteiger partial charge in [-0.15, -0.1) is 0 Å². The largest absolute Gasteiger partial charge is 0.311 e. The molecule has 1 fully saturated rings. The van der Waals surface area contributed by atoms with E-state index in [4.69, 9.17) is 11.6 Å². The van der Waals surface area contributed by atoms with Crippen molar-refractivity contribution in [1.29, 1.82) is 0 Å². The number of benzene rings is 1. The summed E-state index contributed by atoms with van der Waals surface area (Å²) in [5, 5.41) is 4.39. The van der Waals surface area contributed by atoms with E-state index < -0.39 is 0 Å². The van der Waals surface area contributed by atoms with Crippen LogP contribution in [0.3, 0.4) is 0 Å². The van der Waals surface area contributed by atoms with E-state index in [-0.39, 0.29) is 5.54 Å². The van der Waals surface area contributed by atoms with Crippen molar-refractivity contribution in [3.8, 4) is 0 Å². The van der Waals surface area contributed by atoms with Gasteiger partial charge in [0, 0.05) is 10.6 Å². The highest BCUT2D eigenvalue weighted by atomic mass is 35.5. The van der Waals surface area contributed by atoms with E-state index in [0.29, 0.717) is 0 Å². The average molecular weight is 210 g/mol. The van der Waals surface area contributed by atoms with Crippen LogP contribution in [-0.4, -0.2) is 12.1 Å². The summed E-state index contributed by atoms with van der Waals surface area (Å²) in [5.41, 5.74) is 1.61. The molecular weight excluding hydrogens is 194 g/mol. The van der Waals surface area contributed by atoms with Gasteiger partial charge >= 0.3 is 0 Å². The summed E-state index contributed by atoms with van der Waals surface area (Å²) in [4.78, 5) is 0. The summed E-state index contributed by atoms with van der Waals surface area (Å²) >= 11 is 5.96. The molecule has 0 aliphatic carbocycles. The molecule has 0 bridgehead atoms. The van der Waals surface area contributed by atoms with Gasteiger partial charge in [-0.05, 0) is 50.4 Å². The Hall–Kier alpha value is -0.530. The molecule has 2 rings (SSSR count). The van der Waals surface area contributed by atoms with Crippen LogP contribution < -0.4 is 5.32 Å². The van der Waals surface area contributed by atoms with Crippen molar-refractivity contribution in [2.75, 3.05) is 6.54 Å². The van der Waals surface area contributed by atoms with Crippen LogP contribution in [0.2, 0.25) is 5.02 Å². The van der Waals surface area contributed by atoms with Crippen LogP contribution in [0.25, 0.3) is 0 Å². The molecule has 1 heterocycles. The third-order valence-electron chi connectivity index (χ3n) is 2.94. The highest BCUT2D eigenvalue weighted by Gasteiger charge is 2.27. The fourth-order valence-electron chi connectivity index (χ4n) is 2.21. The number of halogens is 1. The van der Waals surface area contributed by atoms with Crippen molar-refractivity contribution in [3.05, 3.63) is 34.9 Å². The van der Waals surface area contributed by atoms with Gasteiger partial charge in [0.2, 0.25) is 0 Å². The molecule has 0 spiro atoms. The van der Waals surface area contributed by atoms with E-state index in [1.165, 1.54) is 18.4 Å². The molecule has 2 heteroatoms. The zero-order chi connectivity index (χ0) is 10.0. The molecular formula is C12H16ClN. The van der Waals surface area contributed by atoms with E-state index >= 15 is 0 Å². The maximum Gasteiger partial charge on any atom is 0.0408 e. The normalized spacial score (nSPS) is 26.7. The Morgan fingerprint density at radius 1 is 1.50 bits per heavy atom. The van der Waals surface area contributed by atoms with Gasteiger partial charge in [-0.1, -0.05) is 23.7 Å². The lowest BCUT2D eigenvalue weighted by molar-refractivity contribution is 0.412. The van der Waals surface area contributed by atoms with Crippen molar-refractivity contribution < 1.29 is 0 Å². The molecule has 76 valence electrons. The molecule has 0 aromatic heterocycles. The summed E-state index contributed by atoms with van der Waals surface area (Å²) in [6.07, 6.45) is 3.63.